The molecule has 0 spiro atoms. The fourth-order valence-corrected chi connectivity index (χ4v) is 5.20. The SMILES string of the molecule is CCCCCCCc1ccc(CCCCCCCCCC(=O)O)c(CCCCCCCCCC(=O)O)c1. The number of carboxylic acid groups (broad SMARTS) is 2. The first-order valence-electron chi connectivity index (χ1n) is 15.6. The Morgan fingerprint density at radius 3 is 1.41 bits per heavy atom. The molecule has 0 saturated heterocycles. The van der Waals surface area contributed by atoms with E-state index in [0.717, 1.165) is 38.5 Å². The highest BCUT2D eigenvalue weighted by molar-refractivity contribution is 5.66. The number of benzene rings is 1. The largest absolute Gasteiger partial charge is 0.481 e. The van der Waals surface area contributed by atoms with Crippen LogP contribution in [-0.4, -0.2) is 22.2 Å². The molecule has 0 amide bonds. The maximum atomic E-state index is 10.6. The summed E-state index contributed by atoms with van der Waals surface area (Å²) < 4.78 is 0. The van der Waals surface area contributed by atoms with Crippen LogP contribution in [0, 0.1) is 0 Å². The Balaban J connectivity index is 2.39. The van der Waals surface area contributed by atoms with E-state index < -0.39 is 11.9 Å². The maximum absolute atomic E-state index is 10.6. The van der Waals surface area contributed by atoms with Crippen LogP contribution in [0.3, 0.4) is 0 Å². The van der Waals surface area contributed by atoms with Gasteiger partial charge < -0.3 is 10.2 Å². The Kier molecular flexibility index (Phi) is 20.9. The summed E-state index contributed by atoms with van der Waals surface area (Å²) in [6.45, 7) is 2.27. The summed E-state index contributed by atoms with van der Waals surface area (Å²) in [6, 6.07) is 7.28. The van der Waals surface area contributed by atoms with Gasteiger partial charge >= 0.3 is 11.9 Å². The van der Waals surface area contributed by atoms with E-state index in [2.05, 4.69) is 25.1 Å². The molecule has 0 aliphatic heterocycles. The van der Waals surface area contributed by atoms with E-state index in [1.165, 1.54) is 108 Å². The van der Waals surface area contributed by atoms with Crippen LogP contribution in [-0.2, 0) is 28.9 Å². The van der Waals surface area contributed by atoms with Gasteiger partial charge in [-0.25, -0.2) is 0 Å². The molecule has 1 rings (SSSR count). The number of aryl methyl sites for hydroxylation is 3. The van der Waals surface area contributed by atoms with Crippen LogP contribution in [0.25, 0.3) is 0 Å². The fraction of sp³-hybridized carbons (Fsp3) is 0.758. The van der Waals surface area contributed by atoms with Gasteiger partial charge in [-0.2, -0.15) is 0 Å². The molecule has 4 heteroatoms. The number of carbonyl (C=O) groups is 2. The van der Waals surface area contributed by atoms with Gasteiger partial charge in [0.2, 0.25) is 0 Å². The zero-order valence-corrected chi connectivity index (χ0v) is 23.9. The second kappa shape index (κ2) is 23.3. The van der Waals surface area contributed by atoms with Crippen molar-refractivity contribution in [2.75, 3.05) is 0 Å². The molecule has 212 valence electrons. The van der Waals surface area contributed by atoms with Gasteiger partial charge in [0.05, 0.1) is 0 Å². The Hall–Kier alpha value is -1.84. The number of aliphatic carboxylic acids is 2. The average molecular weight is 517 g/mol. The molecule has 1 aromatic rings. The molecule has 0 fully saturated rings. The minimum atomic E-state index is -0.675. The molecule has 0 heterocycles. The predicted molar refractivity (Wildman–Crippen MR) is 155 cm³/mol. The first kappa shape index (κ1) is 33.2. The molecular weight excluding hydrogens is 460 g/mol. The van der Waals surface area contributed by atoms with Gasteiger partial charge in [-0.1, -0.05) is 115 Å². The molecule has 0 aliphatic carbocycles. The third kappa shape index (κ3) is 19.9. The Morgan fingerprint density at radius 2 is 0.919 bits per heavy atom. The van der Waals surface area contributed by atoms with Crippen LogP contribution in [0.15, 0.2) is 18.2 Å². The fourth-order valence-electron chi connectivity index (χ4n) is 5.20. The van der Waals surface area contributed by atoms with Gasteiger partial charge in [0.25, 0.3) is 0 Å². The number of rotatable bonds is 26. The van der Waals surface area contributed by atoms with Crippen molar-refractivity contribution in [1.29, 1.82) is 0 Å². The van der Waals surface area contributed by atoms with Crippen molar-refractivity contribution in [3.05, 3.63) is 34.9 Å². The Bertz CT molecular complexity index is 712. The van der Waals surface area contributed by atoms with Gasteiger partial charge in [-0.3, -0.25) is 9.59 Å². The van der Waals surface area contributed by atoms with E-state index in [1.807, 2.05) is 0 Å². The van der Waals surface area contributed by atoms with Crippen LogP contribution < -0.4 is 0 Å². The summed E-state index contributed by atoms with van der Waals surface area (Å²) in [4.78, 5) is 21.2. The molecule has 4 nitrogen and oxygen atoms in total. The standard InChI is InChI=1S/C33H56O4/c1-2-3-4-11-16-21-29-26-27-30(22-17-12-7-5-9-14-19-24-32(34)35)31(28-29)23-18-13-8-6-10-15-20-25-33(36)37/h26-28H,2-25H2,1H3,(H,34,35)(H,36,37). The second-order valence-electron chi connectivity index (χ2n) is 11.0. The monoisotopic (exact) mass is 516 g/mol. The van der Waals surface area contributed by atoms with Crippen molar-refractivity contribution < 1.29 is 19.8 Å². The maximum Gasteiger partial charge on any atom is 0.303 e. The van der Waals surface area contributed by atoms with Crippen molar-refractivity contribution in [2.45, 2.75) is 161 Å². The van der Waals surface area contributed by atoms with Crippen LogP contribution in [0.5, 0.6) is 0 Å². The first-order chi connectivity index (χ1) is 18.0. The van der Waals surface area contributed by atoms with Crippen molar-refractivity contribution >= 4 is 11.9 Å². The average Bonchev–Trinajstić information content (AvgIpc) is 2.87. The third-order valence-corrected chi connectivity index (χ3v) is 7.51. The minimum absolute atomic E-state index is 0.310. The zero-order valence-electron chi connectivity index (χ0n) is 23.9. The molecule has 37 heavy (non-hydrogen) atoms. The van der Waals surface area contributed by atoms with E-state index in [0.29, 0.717) is 12.8 Å². The Labute approximate surface area is 227 Å². The summed E-state index contributed by atoms with van der Waals surface area (Å²) in [5, 5.41) is 17.5. The van der Waals surface area contributed by atoms with Crippen molar-refractivity contribution in [2.24, 2.45) is 0 Å². The van der Waals surface area contributed by atoms with E-state index in [-0.39, 0.29) is 0 Å². The smallest absolute Gasteiger partial charge is 0.303 e. The minimum Gasteiger partial charge on any atom is -0.481 e. The topological polar surface area (TPSA) is 74.6 Å². The van der Waals surface area contributed by atoms with Gasteiger partial charge in [-0.15, -0.1) is 0 Å². The highest BCUT2D eigenvalue weighted by atomic mass is 16.4. The third-order valence-electron chi connectivity index (χ3n) is 7.51. The van der Waals surface area contributed by atoms with E-state index >= 15 is 0 Å². The van der Waals surface area contributed by atoms with Crippen molar-refractivity contribution in [3.8, 4) is 0 Å². The van der Waals surface area contributed by atoms with Crippen molar-refractivity contribution in [1.82, 2.24) is 0 Å². The number of hydrogen-bond acceptors (Lipinski definition) is 2. The van der Waals surface area contributed by atoms with Crippen LogP contribution in [0.4, 0.5) is 0 Å². The number of carboxylic acids is 2. The summed E-state index contributed by atoms with van der Waals surface area (Å²) in [7, 11) is 0. The van der Waals surface area contributed by atoms with Gasteiger partial charge in [0.15, 0.2) is 0 Å². The predicted octanol–water partition coefficient (Wildman–Crippen LogP) is 9.70. The van der Waals surface area contributed by atoms with Gasteiger partial charge in [-0.05, 0) is 68.1 Å². The molecule has 0 aliphatic rings. The summed E-state index contributed by atoms with van der Waals surface area (Å²) in [5.41, 5.74) is 4.63. The number of hydrogen-bond donors (Lipinski definition) is 2. The first-order valence-corrected chi connectivity index (χ1v) is 15.6. The lowest BCUT2D eigenvalue weighted by molar-refractivity contribution is -0.138. The second-order valence-corrected chi connectivity index (χ2v) is 11.0. The molecule has 0 unspecified atom stereocenters. The Morgan fingerprint density at radius 1 is 0.514 bits per heavy atom. The molecule has 1 aromatic carbocycles. The molecule has 0 radical (unpaired) electrons. The lowest BCUT2D eigenvalue weighted by Crippen LogP contribution is -1.99. The van der Waals surface area contributed by atoms with Gasteiger partial charge in [0, 0.05) is 12.8 Å². The molecule has 0 bridgehead atoms. The van der Waals surface area contributed by atoms with Crippen molar-refractivity contribution in [3.63, 3.8) is 0 Å². The zero-order chi connectivity index (χ0) is 27.0. The lowest BCUT2D eigenvalue weighted by atomic mass is 9.93. The highest BCUT2D eigenvalue weighted by Gasteiger charge is 2.06. The van der Waals surface area contributed by atoms with E-state index in [9.17, 15) is 9.59 Å². The molecule has 0 saturated carbocycles. The van der Waals surface area contributed by atoms with Gasteiger partial charge in [0.1, 0.15) is 0 Å². The molecule has 0 aromatic heterocycles. The quantitative estimate of drug-likeness (QED) is 0.120. The van der Waals surface area contributed by atoms with Crippen LogP contribution in [0.1, 0.15) is 158 Å². The lowest BCUT2D eigenvalue weighted by Gasteiger charge is -2.13. The van der Waals surface area contributed by atoms with E-state index in [4.69, 9.17) is 10.2 Å². The normalized spacial score (nSPS) is 11.2. The summed E-state index contributed by atoms with van der Waals surface area (Å²) in [6.07, 6.45) is 26.8. The van der Waals surface area contributed by atoms with Crippen LogP contribution >= 0.6 is 0 Å². The molecular formula is C33H56O4. The highest BCUT2D eigenvalue weighted by Crippen LogP contribution is 2.21. The number of unbranched alkanes of at least 4 members (excludes halogenated alkanes) is 16. The van der Waals surface area contributed by atoms with E-state index in [1.54, 1.807) is 11.1 Å². The molecule has 2 N–H and O–H groups in total. The summed E-state index contributed by atoms with van der Waals surface area (Å²) in [5.74, 6) is -1.35. The summed E-state index contributed by atoms with van der Waals surface area (Å²) >= 11 is 0. The molecule has 0 atom stereocenters. The van der Waals surface area contributed by atoms with Crippen LogP contribution in [0.2, 0.25) is 0 Å².